The van der Waals surface area contributed by atoms with E-state index in [0.717, 1.165) is 0 Å². The van der Waals surface area contributed by atoms with E-state index in [2.05, 4.69) is 0 Å². The van der Waals surface area contributed by atoms with E-state index in [0.29, 0.717) is 21.9 Å². The number of hydrogen-bond donors (Lipinski definition) is 1. The van der Waals surface area contributed by atoms with Crippen LogP contribution in [0, 0.1) is 0 Å². The molecule has 0 unspecified atom stereocenters. The van der Waals surface area contributed by atoms with Crippen molar-refractivity contribution in [3.63, 3.8) is 0 Å². The summed E-state index contributed by atoms with van der Waals surface area (Å²) in [5, 5.41) is 8.99. The fraction of sp³-hybridized carbons (Fsp3) is 0.125. The third-order valence-electron chi connectivity index (χ3n) is 2.79. The number of carbonyl (C=O) groups is 1. The molecule has 0 fully saturated rings. The van der Waals surface area contributed by atoms with Crippen molar-refractivity contribution in [2.24, 2.45) is 0 Å². The van der Waals surface area contributed by atoms with Crippen LogP contribution in [0.4, 0.5) is 0 Å². The molecule has 0 aliphatic carbocycles. The number of carboxylic acids is 1. The Hall–Kier alpha value is -2.62. The summed E-state index contributed by atoms with van der Waals surface area (Å²) in [6, 6.07) is 14.6. The lowest BCUT2D eigenvalue weighted by Crippen LogP contribution is -2.01. The van der Waals surface area contributed by atoms with Crippen molar-refractivity contribution in [3.05, 3.63) is 58.8 Å². The minimum absolute atomic E-state index is 0.0347. The first-order valence-electron chi connectivity index (χ1n) is 6.26. The van der Waals surface area contributed by atoms with E-state index in [-0.39, 0.29) is 11.8 Å². The lowest BCUT2D eigenvalue weighted by Gasteiger charge is -1.99. The highest BCUT2D eigenvalue weighted by molar-refractivity contribution is 5.89. The molecular weight excluding hydrogens is 256 g/mol. The van der Waals surface area contributed by atoms with Gasteiger partial charge in [0.25, 0.3) is 0 Å². The van der Waals surface area contributed by atoms with Gasteiger partial charge in [-0.3, -0.25) is 9.59 Å². The zero-order chi connectivity index (χ0) is 14.5. The smallest absolute Gasteiger partial charge is 0.303 e. The van der Waals surface area contributed by atoms with Gasteiger partial charge in [0.15, 0.2) is 0 Å². The minimum atomic E-state index is -0.745. The maximum absolute atomic E-state index is 12.0. The van der Waals surface area contributed by atoms with Gasteiger partial charge in [0.1, 0.15) is 11.2 Å². The summed E-state index contributed by atoms with van der Waals surface area (Å²) in [5.41, 5.74) is 1.31. The SMILES string of the molecule is CCC(=O)O.O=c1c2ccccc2oc2ccccc12. The molecule has 3 rings (SSSR count). The number of aliphatic carboxylic acids is 1. The standard InChI is InChI=1S/C13H8O2.C3H6O2/c14-13-9-5-1-3-7-11(9)15-12-8-4-2-6-10(12)13;1-2-3(4)5/h1-8H;2H2,1H3,(H,4,5). The summed E-state index contributed by atoms with van der Waals surface area (Å²) < 4.78 is 5.63. The maximum atomic E-state index is 12.0. The molecule has 1 N–H and O–H groups in total. The van der Waals surface area contributed by atoms with Gasteiger partial charge in [-0.2, -0.15) is 0 Å². The molecule has 4 nitrogen and oxygen atoms in total. The average Bonchev–Trinajstić information content (AvgIpc) is 2.48. The van der Waals surface area contributed by atoms with Crippen molar-refractivity contribution in [1.29, 1.82) is 0 Å². The van der Waals surface area contributed by atoms with E-state index in [1.165, 1.54) is 0 Å². The van der Waals surface area contributed by atoms with Gasteiger partial charge in [-0.15, -0.1) is 0 Å². The molecule has 0 bridgehead atoms. The van der Waals surface area contributed by atoms with E-state index in [1.807, 2.05) is 36.4 Å². The fourth-order valence-electron chi connectivity index (χ4n) is 1.75. The van der Waals surface area contributed by atoms with Gasteiger partial charge in [-0.05, 0) is 24.3 Å². The number of rotatable bonds is 1. The quantitative estimate of drug-likeness (QED) is 0.688. The molecule has 1 heterocycles. The Morgan fingerprint density at radius 3 is 1.80 bits per heavy atom. The van der Waals surface area contributed by atoms with Crippen LogP contribution >= 0.6 is 0 Å². The topological polar surface area (TPSA) is 67.5 Å². The highest BCUT2D eigenvalue weighted by Crippen LogP contribution is 2.17. The third kappa shape index (κ3) is 2.85. The van der Waals surface area contributed by atoms with Gasteiger partial charge in [0.2, 0.25) is 5.43 Å². The van der Waals surface area contributed by atoms with Gasteiger partial charge in [-0.25, -0.2) is 0 Å². The van der Waals surface area contributed by atoms with Crippen LogP contribution in [0.5, 0.6) is 0 Å². The second kappa shape index (κ2) is 6.02. The fourth-order valence-corrected chi connectivity index (χ4v) is 1.75. The number of benzene rings is 2. The van der Waals surface area contributed by atoms with E-state index in [4.69, 9.17) is 9.52 Å². The van der Waals surface area contributed by atoms with Gasteiger partial charge in [0.05, 0.1) is 10.8 Å². The van der Waals surface area contributed by atoms with Crippen LogP contribution in [0.25, 0.3) is 21.9 Å². The van der Waals surface area contributed by atoms with Crippen molar-refractivity contribution < 1.29 is 14.3 Å². The third-order valence-corrected chi connectivity index (χ3v) is 2.79. The molecule has 0 aliphatic heterocycles. The first-order valence-corrected chi connectivity index (χ1v) is 6.26. The Kier molecular flexibility index (Phi) is 4.15. The van der Waals surface area contributed by atoms with Crippen LogP contribution in [-0.2, 0) is 4.79 Å². The zero-order valence-corrected chi connectivity index (χ0v) is 11.0. The highest BCUT2D eigenvalue weighted by atomic mass is 16.4. The van der Waals surface area contributed by atoms with Crippen LogP contribution in [0.2, 0.25) is 0 Å². The molecule has 0 aliphatic rings. The highest BCUT2D eigenvalue weighted by Gasteiger charge is 2.04. The van der Waals surface area contributed by atoms with E-state index >= 15 is 0 Å². The monoisotopic (exact) mass is 270 g/mol. The predicted octanol–water partition coefficient (Wildman–Crippen LogP) is 3.43. The number of hydrogen-bond acceptors (Lipinski definition) is 3. The van der Waals surface area contributed by atoms with Crippen molar-refractivity contribution in [3.8, 4) is 0 Å². The first kappa shape index (κ1) is 13.8. The molecule has 20 heavy (non-hydrogen) atoms. The van der Waals surface area contributed by atoms with Crippen molar-refractivity contribution in [2.45, 2.75) is 13.3 Å². The molecule has 0 spiro atoms. The zero-order valence-electron chi connectivity index (χ0n) is 11.0. The number of para-hydroxylation sites is 2. The molecule has 2 aromatic carbocycles. The van der Waals surface area contributed by atoms with Crippen LogP contribution in [0.15, 0.2) is 57.7 Å². The van der Waals surface area contributed by atoms with E-state index < -0.39 is 5.97 Å². The summed E-state index contributed by atoms with van der Waals surface area (Å²) in [7, 11) is 0. The summed E-state index contributed by atoms with van der Waals surface area (Å²) in [6.07, 6.45) is 0.222. The van der Waals surface area contributed by atoms with E-state index in [9.17, 15) is 9.59 Å². The minimum Gasteiger partial charge on any atom is -0.481 e. The lowest BCUT2D eigenvalue weighted by molar-refractivity contribution is -0.136. The van der Waals surface area contributed by atoms with Gasteiger partial charge < -0.3 is 9.52 Å². The molecular formula is C16H14O4. The van der Waals surface area contributed by atoms with Crippen LogP contribution in [0.1, 0.15) is 13.3 Å². The Labute approximate surface area is 115 Å². The summed E-state index contributed by atoms with van der Waals surface area (Å²) in [5.74, 6) is -0.745. The number of fused-ring (bicyclic) bond motifs is 2. The number of carboxylic acid groups (broad SMARTS) is 1. The second-order valence-corrected chi connectivity index (χ2v) is 4.17. The molecule has 1 aromatic heterocycles. The first-order chi connectivity index (χ1) is 9.63. The normalized spacial score (nSPS) is 10.1. The predicted molar refractivity (Wildman–Crippen MR) is 77.9 cm³/mol. The molecule has 0 saturated carbocycles. The maximum Gasteiger partial charge on any atom is 0.303 e. The summed E-state index contributed by atoms with van der Waals surface area (Å²) in [4.78, 5) is 21.4. The molecule has 0 radical (unpaired) electrons. The van der Waals surface area contributed by atoms with Gasteiger partial charge >= 0.3 is 5.97 Å². The Morgan fingerprint density at radius 2 is 1.40 bits per heavy atom. The molecule has 0 atom stereocenters. The van der Waals surface area contributed by atoms with Gasteiger partial charge in [0, 0.05) is 6.42 Å². The molecule has 0 saturated heterocycles. The Bertz CT molecular complexity index is 745. The lowest BCUT2D eigenvalue weighted by atomic mass is 10.1. The molecule has 3 aromatic rings. The largest absolute Gasteiger partial charge is 0.481 e. The van der Waals surface area contributed by atoms with Crippen molar-refractivity contribution in [2.75, 3.05) is 0 Å². The van der Waals surface area contributed by atoms with Crippen molar-refractivity contribution >= 4 is 27.9 Å². The van der Waals surface area contributed by atoms with Crippen LogP contribution in [-0.4, -0.2) is 11.1 Å². The summed E-state index contributed by atoms with van der Waals surface area (Å²) in [6.45, 7) is 1.60. The Morgan fingerprint density at radius 1 is 1.00 bits per heavy atom. The van der Waals surface area contributed by atoms with Crippen molar-refractivity contribution in [1.82, 2.24) is 0 Å². The molecule has 102 valence electrons. The molecule has 0 amide bonds. The Balaban J connectivity index is 0.000000257. The average molecular weight is 270 g/mol. The van der Waals surface area contributed by atoms with Crippen LogP contribution < -0.4 is 5.43 Å². The van der Waals surface area contributed by atoms with Crippen LogP contribution in [0.3, 0.4) is 0 Å². The summed E-state index contributed by atoms with van der Waals surface area (Å²) >= 11 is 0. The molecule has 4 heteroatoms. The van der Waals surface area contributed by atoms with Gasteiger partial charge in [-0.1, -0.05) is 31.2 Å². The van der Waals surface area contributed by atoms with E-state index in [1.54, 1.807) is 19.1 Å². The second-order valence-electron chi connectivity index (χ2n) is 4.17.